The number of halogens is 2. The second kappa shape index (κ2) is 16.4. The molecule has 2 heterocycles. The number of aliphatic carboxylic acids is 1. The molecule has 0 aliphatic carbocycles. The van der Waals surface area contributed by atoms with Gasteiger partial charge >= 0.3 is 5.97 Å². The zero-order valence-electron chi connectivity index (χ0n) is 28.5. The average Bonchev–Trinajstić information content (AvgIpc) is 3.13. The number of rotatable bonds is 13. The van der Waals surface area contributed by atoms with Gasteiger partial charge in [0.15, 0.2) is 11.6 Å². The van der Waals surface area contributed by atoms with Crippen molar-refractivity contribution in [2.24, 2.45) is 0 Å². The highest BCUT2D eigenvalue weighted by Crippen LogP contribution is 2.37. The summed E-state index contributed by atoms with van der Waals surface area (Å²) in [4.78, 5) is 31.0. The summed E-state index contributed by atoms with van der Waals surface area (Å²) in [5.41, 5.74) is 10.8. The molecule has 0 radical (unpaired) electrons. The molecule has 6 rings (SSSR count). The van der Waals surface area contributed by atoms with E-state index in [4.69, 9.17) is 48.2 Å². The quantitative estimate of drug-likeness (QED) is 0.123. The van der Waals surface area contributed by atoms with Crippen LogP contribution in [0.2, 0.25) is 10.0 Å². The lowest BCUT2D eigenvalue weighted by molar-refractivity contribution is -0.136. The van der Waals surface area contributed by atoms with Gasteiger partial charge in [0.1, 0.15) is 0 Å². The molecule has 9 heteroatoms. The summed E-state index contributed by atoms with van der Waals surface area (Å²) in [6, 6.07) is 31.3. The zero-order valence-corrected chi connectivity index (χ0v) is 30.0. The Hall–Kier alpha value is -4.95. The molecular formula is C42H38Cl2N4O3. The van der Waals surface area contributed by atoms with E-state index < -0.39 is 5.97 Å². The van der Waals surface area contributed by atoms with E-state index in [1.807, 2.05) is 84.9 Å². The molecule has 2 N–H and O–H groups in total. The van der Waals surface area contributed by atoms with Gasteiger partial charge in [0.2, 0.25) is 0 Å². The van der Waals surface area contributed by atoms with E-state index in [0.29, 0.717) is 47.4 Å². The maximum Gasteiger partial charge on any atom is 0.307 e. The zero-order chi connectivity index (χ0) is 35.9. The van der Waals surface area contributed by atoms with E-state index in [2.05, 4.69) is 26.0 Å². The van der Waals surface area contributed by atoms with Crippen LogP contribution in [0, 0.1) is 0 Å². The summed E-state index contributed by atoms with van der Waals surface area (Å²) in [5, 5.41) is 19.7. The van der Waals surface area contributed by atoms with Crippen molar-refractivity contribution in [2.45, 2.75) is 52.4 Å². The number of aromatic nitrogens is 4. The Morgan fingerprint density at radius 3 is 1.92 bits per heavy atom. The Morgan fingerprint density at radius 1 is 0.647 bits per heavy atom. The molecule has 0 amide bonds. The summed E-state index contributed by atoms with van der Waals surface area (Å²) in [6.07, 6.45) is 3.14. The monoisotopic (exact) mass is 716 g/mol. The maximum atomic E-state index is 11.1. The minimum atomic E-state index is -0.853. The molecule has 0 unspecified atom stereocenters. The fourth-order valence-corrected chi connectivity index (χ4v) is 6.59. The fraction of sp³-hybridized carbons (Fsp3) is 0.214. The summed E-state index contributed by atoms with van der Waals surface area (Å²) < 4.78 is 0. The third-order valence-corrected chi connectivity index (χ3v) is 9.27. The van der Waals surface area contributed by atoms with E-state index >= 15 is 0 Å². The molecule has 2 aromatic heterocycles. The number of benzene rings is 4. The van der Waals surface area contributed by atoms with Gasteiger partial charge in [-0.25, -0.2) is 19.9 Å². The van der Waals surface area contributed by atoms with E-state index in [1.165, 1.54) is 0 Å². The van der Waals surface area contributed by atoms with E-state index in [0.717, 1.165) is 73.7 Å². The minimum absolute atomic E-state index is 0.00734. The average molecular weight is 718 g/mol. The van der Waals surface area contributed by atoms with Gasteiger partial charge in [0.25, 0.3) is 0 Å². The Morgan fingerprint density at radius 2 is 1.27 bits per heavy atom. The molecular weight excluding hydrogens is 679 g/mol. The lowest BCUT2D eigenvalue weighted by Gasteiger charge is -2.17. The lowest BCUT2D eigenvalue weighted by Crippen LogP contribution is -2.07. The number of nitrogens with zero attached hydrogens (tertiary/aromatic N) is 4. The molecule has 51 heavy (non-hydrogen) atoms. The molecule has 0 aliphatic rings. The highest BCUT2D eigenvalue weighted by atomic mass is 35.5. The van der Waals surface area contributed by atoms with Gasteiger partial charge in [-0.2, -0.15) is 0 Å². The Kier molecular flexibility index (Phi) is 11.5. The van der Waals surface area contributed by atoms with E-state index in [9.17, 15) is 9.90 Å². The number of carboxylic acid groups (broad SMARTS) is 1. The van der Waals surface area contributed by atoms with Crippen LogP contribution >= 0.6 is 23.2 Å². The number of aliphatic hydroxyl groups is 1. The molecule has 6 aromatic rings. The molecule has 258 valence electrons. The van der Waals surface area contributed by atoms with Gasteiger partial charge in [-0.15, -0.1) is 0 Å². The number of hydrogen-bond donors (Lipinski definition) is 2. The maximum absolute atomic E-state index is 11.1. The van der Waals surface area contributed by atoms with Gasteiger partial charge in [0.05, 0.1) is 17.8 Å². The standard InChI is InChI=1S/C42H38Cl2N4O3/c1-3-33-25-34(20-27-12-14-29(15-13-27)22-39(50)51)46-41(45-33)31-16-17-35(36(44)24-31)40-37(4-2)47-42(30-6-5-7-32(43)23-30)48-38(40)21-28-10-8-26(9-11-28)18-19-49/h5-17,23-25,49H,3-4,18-22H2,1-2H3,(H,50,51). The number of carbonyl (C=O) groups is 1. The first-order chi connectivity index (χ1) is 24.7. The lowest BCUT2D eigenvalue weighted by atomic mass is 9.95. The van der Waals surface area contributed by atoms with Crippen molar-refractivity contribution >= 4 is 29.2 Å². The van der Waals surface area contributed by atoms with Crippen LogP contribution in [-0.2, 0) is 43.3 Å². The van der Waals surface area contributed by atoms with Crippen molar-refractivity contribution in [3.63, 3.8) is 0 Å². The third-order valence-electron chi connectivity index (χ3n) is 8.73. The first-order valence-corrected chi connectivity index (χ1v) is 17.8. The second-order valence-electron chi connectivity index (χ2n) is 12.4. The summed E-state index contributed by atoms with van der Waals surface area (Å²) in [5.74, 6) is 0.340. The van der Waals surface area contributed by atoms with Crippen molar-refractivity contribution in [2.75, 3.05) is 6.61 Å². The molecule has 0 fully saturated rings. The Labute approximate surface area is 308 Å². The summed E-state index contributed by atoms with van der Waals surface area (Å²) in [7, 11) is 0. The predicted molar refractivity (Wildman–Crippen MR) is 203 cm³/mol. The smallest absolute Gasteiger partial charge is 0.307 e. The van der Waals surface area contributed by atoms with Crippen molar-refractivity contribution in [3.8, 4) is 33.9 Å². The molecule has 0 atom stereocenters. The number of carboxylic acids is 1. The number of aliphatic hydroxyl groups excluding tert-OH is 1. The fourth-order valence-electron chi connectivity index (χ4n) is 6.13. The molecule has 0 spiro atoms. The van der Waals surface area contributed by atoms with Gasteiger partial charge < -0.3 is 10.2 Å². The van der Waals surface area contributed by atoms with Crippen molar-refractivity contribution in [3.05, 3.63) is 152 Å². The highest BCUT2D eigenvalue weighted by Gasteiger charge is 2.20. The molecule has 0 saturated carbocycles. The largest absolute Gasteiger partial charge is 0.481 e. The van der Waals surface area contributed by atoms with Gasteiger partial charge in [-0.1, -0.05) is 110 Å². The van der Waals surface area contributed by atoms with Gasteiger partial charge in [-0.3, -0.25) is 4.79 Å². The molecule has 0 bridgehead atoms. The number of hydrogen-bond acceptors (Lipinski definition) is 6. The van der Waals surface area contributed by atoms with E-state index in [-0.39, 0.29) is 13.0 Å². The Bertz CT molecular complexity index is 2170. The van der Waals surface area contributed by atoms with Gasteiger partial charge in [-0.05, 0) is 65.8 Å². The van der Waals surface area contributed by atoms with Crippen LogP contribution in [-0.4, -0.2) is 42.7 Å². The summed E-state index contributed by atoms with van der Waals surface area (Å²) >= 11 is 13.5. The SMILES string of the molecule is CCc1cc(Cc2ccc(CC(=O)O)cc2)nc(-c2ccc(-c3c(CC)nc(-c4cccc(Cl)c4)nc3Cc3ccc(CCO)cc3)c(Cl)c2)n1. The summed E-state index contributed by atoms with van der Waals surface area (Å²) in [6.45, 7) is 4.24. The first-order valence-electron chi connectivity index (χ1n) is 17.0. The van der Waals surface area contributed by atoms with Crippen molar-refractivity contribution in [1.82, 2.24) is 19.9 Å². The van der Waals surface area contributed by atoms with Crippen molar-refractivity contribution in [1.29, 1.82) is 0 Å². The second-order valence-corrected chi connectivity index (χ2v) is 13.3. The molecule has 0 saturated heterocycles. The first kappa shape index (κ1) is 35.9. The van der Waals surface area contributed by atoms with Crippen LogP contribution in [0.1, 0.15) is 58.9 Å². The topological polar surface area (TPSA) is 109 Å². The van der Waals surface area contributed by atoms with Crippen LogP contribution in [0.25, 0.3) is 33.9 Å². The predicted octanol–water partition coefficient (Wildman–Crippen LogP) is 9.04. The van der Waals surface area contributed by atoms with Crippen LogP contribution in [0.4, 0.5) is 0 Å². The normalized spacial score (nSPS) is 11.2. The van der Waals surface area contributed by atoms with Crippen LogP contribution in [0.15, 0.2) is 97.1 Å². The molecule has 0 aliphatic heterocycles. The Balaban J connectivity index is 1.38. The van der Waals surface area contributed by atoms with Crippen molar-refractivity contribution < 1.29 is 15.0 Å². The van der Waals surface area contributed by atoms with Crippen LogP contribution < -0.4 is 0 Å². The van der Waals surface area contributed by atoms with Crippen LogP contribution in [0.3, 0.4) is 0 Å². The minimum Gasteiger partial charge on any atom is -0.481 e. The molecule has 7 nitrogen and oxygen atoms in total. The molecule has 4 aromatic carbocycles. The van der Waals surface area contributed by atoms with Gasteiger partial charge in [0, 0.05) is 63.1 Å². The third kappa shape index (κ3) is 8.86. The van der Waals surface area contributed by atoms with E-state index in [1.54, 1.807) is 0 Å². The van der Waals surface area contributed by atoms with Crippen LogP contribution in [0.5, 0.6) is 0 Å². The highest BCUT2D eigenvalue weighted by molar-refractivity contribution is 6.33. The number of aryl methyl sites for hydroxylation is 2.